The van der Waals surface area contributed by atoms with Crippen LogP contribution in [0.1, 0.15) is 39.5 Å². The maximum Gasteiger partial charge on any atom is 0.409 e. The van der Waals surface area contributed by atoms with E-state index in [1.165, 1.54) is 0 Å². The molecule has 1 aromatic heterocycles. The first-order valence-corrected chi connectivity index (χ1v) is 10.6. The Balaban J connectivity index is 1.69. The first kappa shape index (κ1) is 20.9. The van der Waals surface area contributed by atoms with Crippen LogP contribution in [-0.2, 0) is 4.74 Å². The number of ether oxygens (including phenoxy) is 1. The minimum atomic E-state index is -0.226. The number of piperidine rings is 1. The van der Waals surface area contributed by atoms with Crippen LogP contribution in [0.3, 0.4) is 0 Å². The molecule has 0 bridgehead atoms. The Kier molecular flexibility index (Phi) is 7.67. The lowest BCUT2D eigenvalue weighted by atomic mass is 10.1. The molecule has 1 aliphatic heterocycles. The minimum Gasteiger partial charge on any atom is -0.450 e. The van der Waals surface area contributed by atoms with Gasteiger partial charge < -0.3 is 20.3 Å². The average Bonchev–Trinajstić information content (AvgIpc) is 2.75. The Morgan fingerprint density at radius 1 is 1.17 bits per heavy atom. The molecule has 1 amide bonds. The van der Waals surface area contributed by atoms with Gasteiger partial charge in [0.1, 0.15) is 5.82 Å². The van der Waals surface area contributed by atoms with Crippen LogP contribution >= 0.6 is 0 Å². The lowest BCUT2D eigenvalue weighted by Gasteiger charge is -2.31. The van der Waals surface area contributed by atoms with Gasteiger partial charge in [0.2, 0.25) is 5.95 Å². The minimum absolute atomic E-state index is 0.226. The van der Waals surface area contributed by atoms with E-state index < -0.39 is 0 Å². The topological polar surface area (TPSA) is 79.4 Å². The predicted octanol–water partition coefficient (Wildman–Crippen LogP) is 4.39. The molecule has 1 aromatic carbocycles. The predicted molar refractivity (Wildman–Crippen MR) is 116 cm³/mol. The molecule has 2 N–H and O–H groups in total. The highest BCUT2D eigenvalue weighted by molar-refractivity contribution is 5.67. The molecule has 1 fully saturated rings. The largest absolute Gasteiger partial charge is 0.450 e. The first-order valence-electron chi connectivity index (χ1n) is 10.6. The van der Waals surface area contributed by atoms with Gasteiger partial charge in [0, 0.05) is 37.3 Å². The molecule has 29 heavy (non-hydrogen) atoms. The van der Waals surface area contributed by atoms with Gasteiger partial charge in [-0.25, -0.2) is 9.78 Å². The molecule has 156 valence electrons. The monoisotopic (exact) mass is 397 g/mol. The van der Waals surface area contributed by atoms with E-state index in [1.807, 2.05) is 31.2 Å². The van der Waals surface area contributed by atoms with Crippen molar-refractivity contribution in [2.75, 3.05) is 36.9 Å². The van der Waals surface area contributed by atoms with Crippen molar-refractivity contribution >= 4 is 17.9 Å². The van der Waals surface area contributed by atoms with Crippen molar-refractivity contribution in [1.82, 2.24) is 14.9 Å². The molecule has 0 saturated carbocycles. The fraction of sp³-hybridized carbons (Fsp3) is 0.500. The standard InChI is InChI=1S/C22H31N5O2/c1-3-5-13-23-20-16-19(17-9-7-6-8-10-17)25-21(26-20)24-18-11-14-27(15-12-18)22(28)29-4-2/h6-10,16,18H,3-5,11-15H2,1-2H3,(H2,23,24,25,26). The summed E-state index contributed by atoms with van der Waals surface area (Å²) in [7, 11) is 0. The number of nitrogens with zero attached hydrogens (tertiary/aromatic N) is 3. The van der Waals surface area contributed by atoms with Crippen LogP contribution in [0.4, 0.5) is 16.6 Å². The number of aromatic nitrogens is 2. The number of rotatable bonds is 8. The molecular formula is C22H31N5O2. The zero-order chi connectivity index (χ0) is 20.5. The molecule has 2 heterocycles. The van der Waals surface area contributed by atoms with Crippen LogP contribution in [0.5, 0.6) is 0 Å². The molecule has 0 unspecified atom stereocenters. The van der Waals surface area contributed by atoms with Gasteiger partial charge in [0.05, 0.1) is 12.3 Å². The van der Waals surface area contributed by atoms with Crippen molar-refractivity contribution in [1.29, 1.82) is 0 Å². The van der Waals surface area contributed by atoms with Crippen molar-refractivity contribution in [3.8, 4) is 11.3 Å². The molecule has 1 aliphatic rings. The second kappa shape index (κ2) is 10.6. The van der Waals surface area contributed by atoms with E-state index in [0.717, 1.165) is 49.3 Å². The highest BCUT2D eigenvalue weighted by Gasteiger charge is 2.24. The number of carbonyl (C=O) groups is 1. The summed E-state index contributed by atoms with van der Waals surface area (Å²) in [5, 5.41) is 6.88. The van der Waals surface area contributed by atoms with Gasteiger partial charge >= 0.3 is 6.09 Å². The fourth-order valence-corrected chi connectivity index (χ4v) is 3.36. The molecule has 3 rings (SSSR count). The molecule has 2 aromatic rings. The Labute approximate surface area is 172 Å². The van der Waals surface area contributed by atoms with Crippen LogP contribution in [0, 0.1) is 0 Å². The van der Waals surface area contributed by atoms with E-state index in [0.29, 0.717) is 25.6 Å². The number of benzene rings is 1. The van der Waals surface area contributed by atoms with E-state index in [2.05, 4.69) is 34.7 Å². The Bertz CT molecular complexity index is 776. The summed E-state index contributed by atoms with van der Waals surface area (Å²) in [6, 6.07) is 12.4. The maximum absolute atomic E-state index is 11.9. The van der Waals surface area contributed by atoms with Crippen molar-refractivity contribution in [3.05, 3.63) is 36.4 Å². The third-order valence-electron chi connectivity index (χ3n) is 4.99. The number of unbranched alkanes of at least 4 members (excludes halogenated alkanes) is 1. The highest BCUT2D eigenvalue weighted by atomic mass is 16.6. The molecule has 1 saturated heterocycles. The summed E-state index contributed by atoms with van der Waals surface area (Å²) >= 11 is 0. The van der Waals surface area contributed by atoms with Gasteiger partial charge in [-0.3, -0.25) is 0 Å². The molecule has 0 spiro atoms. The van der Waals surface area contributed by atoms with Gasteiger partial charge in [-0.1, -0.05) is 43.7 Å². The zero-order valence-electron chi connectivity index (χ0n) is 17.4. The second-order valence-corrected chi connectivity index (χ2v) is 7.21. The van der Waals surface area contributed by atoms with E-state index in [9.17, 15) is 4.79 Å². The van der Waals surface area contributed by atoms with Crippen LogP contribution < -0.4 is 10.6 Å². The molecular weight excluding hydrogens is 366 g/mol. The number of anilines is 2. The molecule has 7 heteroatoms. The third kappa shape index (κ3) is 6.07. The number of hydrogen-bond donors (Lipinski definition) is 2. The Morgan fingerprint density at radius 3 is 2.62 bits per heavy atom. The van der Waals surface area contributed by atoms with Crippen molar-refractivity contribution in [2.24, 2.45) is 0 Å². The Hall–Kier alpha value is -2.83. The number of nitrogens with one attached hydrogen (secondary N) is 2. The maximum atomic E-state index is 11.9. The van der Waals surface area contributed by atoms with Gasteiger partial charge in [0.15, 0.2) is 0 Å². The van der Waals surface area contributed by atoms with E-state index >= 15 is 0 Å². The highest BCUT2D eigenvalue weighted by Crippen LogP contribution is 2.23. The molecule has 7 nitrogen and oxygen atoms in total. The lowest BCUT2D eigenvalue weighted by molar-refractivity contribution is 0.0983. The van der Waals surface area contributed by atoms with E-state index in [1.54, 1.807) is 4.90 Å². The number of amides is 1. The van der Waals surface area contributed by atoms with Gasteiger partial charge in [-0.05, 0) is 26.2 Å². The molecule has 0 atom stereocenters. The molecule has 0 aliphatic carbocycles. The third-order valence-corrected chi connectivity index (χ3v) is 4.99. The normalized spacial score (nSPS) is 14.5. The zero-order valence-corrected chi connectivity index (χ0v) is 17.4. The van der Waals surface area contributed by atoms with Gasteiger partial charge in [-0.15, -0.1) is 0 Å². The second-order valence-electron chi connectivity index (χ2n) is 7.21. The van der Waals surface area contributed by atoms with Crippen LogP contribution in [0.15, 0.2) is 36.4 Å². The van der Waals surface area contributed by atoms with Gasteiger partial charge in [-0.2, -0.15) is 4.98 Å². The smallest absolute Gasteiger partial charge is 0.409 e. The van der Waals surface area contributed by atoms with Crippen molar-refractivity contribution in [2.45, 2.75) is 45.6 Å². The number of carbonyl (C=O) groups excluding carboxylic acids is 1. The lowest BCUT2D eigenvalue weighted by Crippen LogP contribution is -2.42. The van der Waals surface area contributed by atoms with E-state index in [-0.39, 0.29) is 12.1 Å². The fourth-order valence-electron chi connectivity index (χ4n) is 3.36. The van der Waals surface area contributed by atoms with E-state index in [4.69, 9.17) is 9.72 Å². The quantitative estimate of drug-likeness (QED) is 0.643. The van der Waals surface area contributed by atoms with Crippen LogP contribution in [0.25, 0.3) is 11.3 Å². The number of likely N-dealkylation sites (tertiary alicyclic amines) is 1. The number of hydrogen-bond acceptors (Lipinski definition) is 6. The van der Waals surface area contributed by atoms with Crippen LogP contribution in [-0.4, -0.2) is 53.2 Å². The van der Waals surface area contributed by atoms with Gasteiger partial charge in [0.25, 0.3) is 0 Å². The summed E-state index contributed by atoms with van der Waals surface area (Å²) in [5.74, 6) is 1.46. The van der Waals surface area contributed by atoms with Crippen molar-refractivity contribution < 1.29 is 9.53 Å². The van der Waals surface area contributed by atoms with Crippen LogP contribution in [0.2, 0.25) is 0 Å². The Morgan fingerprint density at radius 2 is 1.93 bits per heavy atom. The SMILES string of the molecule is CCCCNc1cc(-c2ccccc2)nc(NC2CCN(C(=O)OCC)CC2)n1. The summed E-state index contributed by atoms with van der Waals surface area (Å²) in [5.41, 5.74) is 1.96. The summed E-state index contributed by atoms with van der Waals surface area (Å²) in [6.45, 7) is 6.65. The molecule has 0 radical (unpaired) electrons. The summed E-state index contributed by atoms with van der Waals surface area (Å²) < 4.78 is 5.10. The average molecular weight is 398 g/mol. The summed E-state index contributed by atoms with van der Waals surface area (Å²) in [6.07, 6.45) is 3.69. The first-order chi connectivity index (χ1) is 14.2. The van der Waals surface area contributed by atoms with Crippen molar-refractivity contribution in [3.63, 3.8) is 0 Å². The summed E-state index contributed by atoms with van der Waals surface area (Å²) in [4.78, 5) is 23.1.